The Labute approximate surface area is 113 Å². The molecule has 3 heteroatoms. The van der Waals surface area contributed by atoms with Crippen LogP contribution < -0.4 is 5.32 Å². The normalized spacial score (nSPS) is 12.3. The number of aromatic nitrogens is 1. The molecule has 2 aromatic rings. The highest BCUT2D eigenvalue weighted by Gasteiger charge is 2.02. The molecule has 0 saturated heterocycles. The Morgan fingerprint density at radius 1 is 1.17 bits per heavy atom. The van der Waals surface area contributed by atoms with Crippen LogP contribution in [0.5, 0.6) is 0 Å². The number of pyridine rings is 1. The van der Waals surface area contributed by atoms with Crippen LogP contribution in [0.15, 0.2) is 48.8 Å². The van der Waals surface area contributed by atoms with Crippen LogP contribution in [-0.2, 0) is 6.54 Å². The number of benzene rings is 1. The van der Waals surface area contributed by atoms with Gasteiger partial charge >= 0.3 is 0 Å². The second-order valence-corrected chi connectivity index (χ2v) is 4.69. The van der Waals surface area contributed by atoms with Crippen molar-refractivity contribution in [2.45, 2.75) is 19.5 Å². The Hall–Kier alpha value is -1.38. The van der Waals surface area contributed by atoms with Gasteiger partial charge in [0.1, 0.15) is 0 Å². The highest BCUT2D eigenvalue weighted by molar-refractivity contribution is 6.18. The maximum atomic E-state index is 5.77. The van der Waals surface area contributed by atoms with E-state index in [0.29, 0.717) is 11.9 Å². The molecule has 1 heterocycles. The van der Waals surface area contributed by atoms with E-state index in [4.69, 9.17) is 11.6 Å². The predicted molar refractivity (Wildman–Crippen MR) is 76.7 cm³/mol. The van der Waals surface area contributed by atoms with Crippen LogP contribution in [0.3, 0.4) is 0 Å². The summed E-state index contributed by atoms with van der Waals surface area (Å²) in [5, 5.41) is 3.36. The molecule has 0 fully saturated rings. The molecule has 0 amide bonds. The molecule has 1 atom stereocenters. The van der Waals surface area contributed by atoms with Crippen molar-refractivity contribution in [2.24, 2.45) is 0 Å². The Bertz CT molecular complexity index is 485. The van der Waals surface area contributed by atoms with Crippen molar-refractivity contribution < 1.29 is 0 Å². The van der Waals surface area contributed by atoms with E-state index in [9.17, 15) is 0 Å². The van der Waals surface area contributed by atoms with Crippen LogP contribution in [0.4, 0.5) is 0 Å². The van der Waals surface area contributed by atoms with Gasteiger partial charge in [0, 0.05) is 36.4 Å². The molecule has 2 rings (SSSR count). The maximum Gasteiger partial charge on any atom is 0.0374 e. The number of hydrogen-bond donors (Lipinski definition) is 1. The number of hydrogen-bond acceptors (Lipinski definition) is 2. The Morgan fingerprint density at radius 2 is 1.94 bits per heavy atom. The lowest BCUT2D eigenvalue weighted by Gasteiger charge is -2.10. The molecule has 1 unspecified atom stereocenters. The van der Waals surface area contributed by atoms with E-state index in [2.05, 4.69) is 35.4 Å². The minimum absolute atomic E-state index is 0.312. The van der Waals surface area contributed by atoms with Gasteiger partial charge in [0.15, 0.2) is 0 Å². The molecule has 0 spiro atoms. The van der Waals surface area contributed by atoms with Crippen molar-refractivity contribution in [3.05, 3.63) is 54.4 Å². The largest absolute Gasteiger partial charge is 0.309 e. The van der Waals surface area contributed by atoms with E-state index >= 15 is 0 Å². The number of halogens is 1. The molecule has 94 valence electrons. The van der Waals surface area contributed by atoms with Crippen molar-refractivity contribution >= 4 is 11.6 Å². The van der Waals surface area contributed by atoms with Crippen LogP contribution in [0, 0.1) is 0 Å². The first-order valence-corrected chi connectivity index (χ1v) is 6.61. The zero-order valence-corrected chi connectivity index (χ0v) is 11.2. The molecule has 0 aliphatic rings. The van der Waals surface area contributed by atoms with Gasteiger partial charge in [0.25, 0.3) is 0 Å². The molecule has 18 heavy (non-hydrogen) atoms. The SMILES string of the molecule is CC(CCl)NCc1cncc(-c2ccccc2)c1. The molecule has 0 bridgehead atoms. The van der Waals surface area contributed by atoms with Gasteiger partial charge in [-0.15, -0.1) is 11.6 Å². The predicted octanol–water partition coefficient (Wildman–Crippen LogP) is 3.47. The Balaban J connectivity index is 2.11. The molecule has 1 aromatic heterocycles. The molecule has 0 saturated carbocycles. The van der Waals surface area contributed by atoms with Crippen LogP contribution in [0.1, 0.15) is 12.5 Å². The van der Waals surface area contributed by atoms with Crippen LogP contribution in [-0.4, -0.2) is 16.9 Å². The molecular formula is C15H17ClN2. The third-order valence-corrected chi connectivity index (χ3v) is 3.25. The van der Waals surface area contributed by atoms with E-state index in [1.54, 1.807) is 0 Å². The number of nitrogens with zero attached hydrogens (tertiary/aromatic N) is 1. The number of nitrogens with one attached hydrogen (secondary N) is 1. The van der Waals surface area contributed by atoms with Crippen molar-refractivity contribution in [1.29, 1.82) is 0 Å². The van der Waals surface area contributed by atoms with Crippen LogP contribution in [0.25, 0.3) is 11.1 Å². The average molecular weight is 261 g/mol. The van der Waals surface area contributed by atoms with E-state index in [1.165, 1.54) is 11.1 Å². The summed E-state index contributed by atoms with van der Waals surface area (Å²) in [6.45, 7) is 2.86. The fraction of sp³-hybridized carbons (Fsp3) is 0.267. The van der Waals surface area contributed by atoms with Gasteiger partial charge in [-0.05, 0) is 24.1 Å². The van der Waals surface area contributed by atoms with Crippen LogP contribution >= 0.6 is 11.6 Å². The highest BCUT2D eigenvalue weighted by Crippen LogP contribution is 2.18. The molecule has 1 N–H and O–H groups in total. The van der Waals surface area contributed by atoms with Crippen molar-refractivity contribution in [3.63, 3.8) is 0 Å². The minimum atomic E-state index is 0.312. The van der Waals surface area contributed by atoms with Gasteiger partial charge in [-0.3, -0.25) is 4.98 Å². The van der Waals surface area contributed by atoms with Gasteiger partial charge in [-0.1, -0.05) is 30.3 Å². The fourth-order valence-corrected chi connectivity index (χ4v) is 1.83. The van der Waals surface area contributed by atoms with Gasteiger partial charge in [0.2, 0.25) is 0 Å². The second kappa shape index (κ2) is 6.53. The summed E-state index contributed by atoms with van der Waals surface area (Å²) in [5.41, 5.74) is 3.51. The average Bonchev–Trinajstić information content (AvgIpc) is 2.46. The van der Waals surface area contributed by atoms with E-state index in [1.807, 2.05) is 30.6 Å². The summed E-state index contributed by atoms with van der Waals surface area (Å²) in [6, 6.07) is 12.8. The zero-order valence-electron chi connectivity index (χ0n) is 10.4. The summed E-state index contributed by atoms with van der Waals surface area (Å²) in [5.74, 6) is 0.617. The van der Waals surface area contributed by atoms with Crippen LogP contribution in [0.2, 0.25) is 0 Å². The first-order chi connectivity index (χ1) is 8.79. The van der Waals surface area contributed by atoms with Gasteiger partial charge in [-0.2, -0.15) is 0 Å². The first kappa shape index (κ1) is 13.1. The maximum absolute atomic E-state index is 5.77. The monoisotopic (exact) mass is 260 g/mol. The fourth-order valence-electron chi connectivity index (χ4n) is 1.72. The number of rotatable bonds is 5. The van der Waals surface area contributed by atoms with Gasteiger partial charge in [-0.25, -0.2) is 0 Å². The summed E-state index contributed by atoms with van der Waals surface area (Å²) in [6.07, 6.45) is 3.78. The minimum Gasteiger partial charge on any atom is -0.309 e. The Morgan fingerprint density at radius 3 is 2.67 bits per heavy atom. The third kappa shape index (κ3) is 3.56. The lowest BCUT2D eigenvalue weighted by molar-refractivity contribution is 0.592. The second-order valence-electron chi connectivity index (χ2n) is 4.38. The van der Waals surface area contributed by atoms with E-state index < -0.39 is 0 Å². The first-order valence-electron chi connectivity index (χ1n) is 6.08. The quantitative estimate of drug-likeness (QED) is 0.833. The standard InChI is InChI=1S/C15H17ClN2/c1-12(8-16)18-10-13-7-15(11-17-9-13)14-5-3-2-4-6-14/h2-7,9,11-12,18H,8,10H2,1H3. The topological polar surface area (TPSA) is 24.9 Å². The van der Waals surface area contributed by atoms with Gasteiger partial charge < -0.3 is 5.32 Å². The number of alkyl halides is 1. The summed E-state index contributed by atoms with van der Waals surface area (Å²) < 4.78 is 0. The van der Waals surface area contributed by atoms with E-state index in [-0.39, 0.29) is 0 Å². The van der Waals surface area contributed by atoms with Crippen molar-refractivity contribution in [3.8, 4) is 11.1 Å². The molecule has 1 aromatic carbocycles. The van der Waals surface area contributed by atoms with E-state index in [0.717, 1.165) is 12.1 Å². The highest BCUT2D eigenvalue weighted by atomic mass is 35.5. The molecule has 0 radical (unpaired) electrons. The molecule has 0 aliphatic carbocycles. The lowest BCUT2D eigenvalue weighted by atomic mass is 10.1. The third-order valence-electron chi connectivity index (χ3n) is 2.79. The van der Waals surface area contributed by atoms with Crippen molar-refractivity contribution in [2.75, 3.05) is 5.88 Å². The smallest absolute Gasteiger partial charge is 0.0374 e. The summed E-state index contributed by atoms with van der Waals surface area (Å²) in [7, 11) is 0. The van der Waals surface area contributed by atoms with Crippen molar-refractivity contribution in [1.82, 2.24) is 10.3 Å². The Kier molecular flexibility index (Phi) is 4.73. The van der Waals surface area contributed by atoms with Gasteiger partial charge in [0.05, 0.1) is 0 Å². The molecular weight excluding hydrogens is 244 g/mol. The summed E-state index contributed by atoms with van der Waals surface area (Å²) >= 11 is 5.77. The molecule has 0 aliphatic heterocycles. The molecule has 2 nitrogen and oxygen atoms in total. The zero-order chi connectivity index (χ0) is 12.8. The summed E-state index contributed by atoms with van der Waals surface area (Å²) in [4.78, 5) is 4.29. The lowest BCUT2D eigenvalue weighted by Crippen LogP contribution is -2.26.